The van der Waals surface area contributed by atoms with Gasteiger partial charge in [0.05, 0.1) is 5.54 Å². The number of nitrogens with one attached hydrogen (secondary N) is 1. The van der Waals surface area contributed by atoms with Crippen LogP contribution in [0.2, 0.25) is 0 Å². The zero-order valence-electron chi connectivity index (χ0n) is 10.5. The van der Waals surface area contributed by atoms with Gasteiger partial charge >= 0.3 is 0 Å². The molecule has 0 aromatic heterocycles. The van der Waals surface area contributed by atoms with Gasteiger partial charge in [-0.05, 0) is 60.1 Å². The SMILES string of the molecule is Cc1ccc(NC2=NC3(CCCC3)CS2)cc1I. The minimum atomic E-state index is 0.269. The number of halogens is 1. The molecule has 0 amide bonds. The first-order chi connectivity index (χ1) is 8.67. The Bertz CT molecular complexity index is 493. The largest absolute Gasteiger partial charge is 0.335 e. The third-order valence-corrected chi connectivity index (χ3v) is 6.08. The summed E-state index contributed by atoms with van der Waals surface area (Å²) in [6, 6.07) is 6.49. The predicted octanol–water partition coefficient (Wildman–Crippen LogP) is 4.43. The Hall–Kier alpha value is -0.230. The lowest BCUT2D eigenvalue weighted by atomic mass is 10.0. The molecule has 0 saturated heterocycles. The van der Waals surface area contributed by atoms with Gasteiger partial charge in [0.15, 0.2) is 5.17 Å². The zero-order chi connectivity index (χ0) is 12.6. The van der Waals surface area contributed by atoms with Crippen LogP contribution in [0.4, 0.5) is 5.69 Å². The van der Waals surface area contributed by atoms with Crippen LogP contribution in [-0.4, -0.2) is 16.5 Å². The van der Waals surface area contributed by atoms with Crippen molar-refractivity contribution in [3.8, 4) is 0 Å². The monoisotopic (exact) mass is 372 g/mol. The van der Waals surface area contributed by atoms with E-state index in [0.29, 0.717) is 0 Å². The Morgan fingerprint density at radius 1 is 1.33 bits per heavy atom. The Kier molecular flexibility index (Phi) is 3.58. The number of thioether (sulfide) groups is 1. The van der Waals surface area contributed by atoms with Crippen LogP contribution in [0.1, 0.15) is 31.2 Å². The first-order valence-corrected chi connectivity index (χ1v) is 8.49. The van der Waals surface area contributed by atoms with Gasteiger partial charge in [-0.25, -0.2) is 0 Å². The second-order valence-electron chi connectivity index (χ2n) is 5.23. The number of anilines is 1. The van der Waals surface area contributed by atoms with Gasteiger partial charge in [0, 0.05) is 15.0 Å². The van der Waals surface area contributed by atoms with Crippen molar-refractivity contribution in [2.24, 2.45) is 4.99 Å². The number of aliphatic imine (C=N–C) groups is 1. The van der Waals surface area contributed by atoms with Gasteiger partial charge in [0.1, 0.15) is 0 Å². The summed E-state index contributed by atoms with van der Waals surface area (Å²) < 4.78 is 1.30. The van der Waals surface area contributed by atoms with Crippen molar-refractivity contribution < 1.29 is 0 Å². The summed E-state index contributed by atoms with van der Waals surface area (Å²) in [6.07, 6.45) is 5.24. The molecular formula is C14H17IN2S. The van der Waals surface area contributed by atoms with Gasteiger partial charge in [-0.1, -0.05) is 30.7 Å². The molecule has 1 aliphatic heterocycles. The number of hydrogen-bond donors (Lipinski definition) is 1. The van der Waals surface area contributed by atoms with E-state index in [1.54, 1.807) is 0 Å². The van der Waals surface area contributed by atoms with Gasteiger partial charge in [-0.3, -0.25) is 4.99 Å². The molecule has 96 valence electrons. The number of hydrogen-bond acceptors (Lipinski definition) is 3. The van der Waals surface area contributed by atoms with Crippen molar-refractivity contribution in [3.63, 3.8) is 0 Å². The van der Waals surface area contributed by atoms with E-state index in [1.807, 2.05) is 11.8 Å². The number of rotatable bonds is 1. The van der Waals surface area contributed by atoms with Gasteiger partial charge in [0.25, 0.3) is 0 Å². The highest BCUT2D eigenvalue weighted by molar-refractivity contribution is 14.1. The van der Waals surface area contributed by atoms with Crippen molar-refractivity contribution in [3.05, 3.63) is 27.3 Å². The maximum Gasteiger partial charge on any atom is 0.161 e. The number of nitrogens with zero attached hydrogens (tertiary/aromatic N) is 1. The van der Waals surface area contributed by atoms with E-state index >= 15 is 0 Å². The molecule has 1 N–H and O–H groups in total. The fraction of sp³-hybridized carbons (Fsp3) is 0.500. The fourth-order valence-electron chi connectivity index (χ4n) is 2.63. The summed E-state index contributed by atoms with van der Waals surface area (Å²) >= 11 is 4.26. The Morgan fingerprint density at radius 2 is 2.11 bits per heavy atom. The molecule has 0 bridgehead atoms. The van der Waals surface area contributed by atoms with Crippen molar-refractivity contribution in [1.82, 2.24) is 0 Å². The van der Waals surface area contributed by atoms with Crippen molar-refractivity contribution in [1.29, 1.82) is 0 Å². The average molecular weight is 372 g/mol. The molecular weight excluding hydrogens is 355 g/mol. The Labute approximate surface area is 126 Å². The molecule has 1 saturated carbocycles. The normalized spacial score (nSPS) is 21.3. The molecule has 1 aromatic rings. The summed E-state index contributed by atoms with van der Waals surface area (Å²) in [5.41, 5.74) is 2.76. The second kappa shape index (κ2) is 5.04. The van der Waals surface area contributed by atoms with E-state index < -0.39 is 0 Å². The molecule has 0 unspecified atom stereocenters. The average Bonchev–Trinajstić information content (AvgIpc) is 2.96. The van der Waals surface area contributed by atoms with Crippen LogP contribution in [0.5, 0.6) is 0 Å². The van der Waals surface area contributed by atoms with Crippen LogP contribution in [0.15, 0.2) is 23.2 Å². The minimum absolute atomic E-state index is 0.269. The first-order valence-electron chi connectivity index (χ1n) is 6.43. The maximum absolute atomic E-state index is 4.93. The molecule has 1 fully saturated rings. The van der Waals surface area contributed by atoms with Crippen LogP contribution in [0.3, 0.4) is 0 Å². The van der Waals surface area contributed by atoms with Crippen LogP contribution in [0, 0.1) is 10.5 Å². The highest BCUT2D eigenvalue weighted by atomic mass is 127. The van der Waals surface area contributed by atoms with Crippen molar-refractivity contribution >= 4 is 45.2 Å². The summed E-state index contributed by atoms with van der Waals surface area (Å²) in [7, 11) is 0. The lowest BCUT2D eigenvalue weighted by Crippen LogP contribution is -2.21. The molecule has 1 heterocycles. The molecule has 1 spiro atoms. The zero-order valence-corrected chi connectivity index (χ0v) is 13.5. The molecule has 2 aliphatic rings. The quantitative estimate of drug-likeness (QED) is 0.738. The van der Waals surface area contributed by atoms with Gasteiger partial charge in [0.2, 0.25) is 0 Å². The summed E-state index contributed by atoms with van der Waals surface area (Å²) in [4.78, 5) is 4.93. The summed E-state index contributed by atoms with van der Waals surface area (Å²) in [5.74, 6) is 1.16. The van der Waals surface area contributed by atoms with Gasteiger partial charge < -0.3 is 5.32 Å². The van der Waals surface area contributed by atoms with E-state index in [-0.39, 0.29) is 5.54 Å². The molecule has 3 rings (SSSR count). The fourth-order valence-corrected chi connectivity index (χ4v) is 4.35. The lowest BCUT2D eigenvalue weighted by molar-refractivity contribution is 0.508. The van der Waals surface area contributed by atoms with E-state index in [0.717, 1.165) is 16.6 Å². The van der Waals surface area contributed by atoms with Crippen LogP contribution in [-0.2, 0) is 0 Å². The molecule has 0 atom stereocenters. The van der Waals surface area contributed by atoms with Crippen LogP contribution in [0.25, 0.3) is 0 Å². The maximum atomic E-state index is 4.93. The number of aryl methyl sites for hydroxylation is 1. The van der Waals surface area contributed by atoms with Crippen LogP contribution >= 0.6 is 34.4 Å². The van der Waals surface area contributed by atoms with E-state index in [9.17, 15) is 0 Å². The molecule has 1 aliphatic carbocycles. The lowest BCUT2D eigenvalue weighted by Gasteiger charge is -2.16. The highest BCUT2D eigenvalue weighted by Gasteiger charge is 2.38. The van der Waals surface area contributed by atoms with Gasteiger partial charge in [-0.2, -0.15) is 0 Å². The first kappa shape index (κ1) is 12.8. The number of benzene rings is 1. The summed E-state index contributed by atoms with van der Waals surface area (Å²) in [5, 5.41) is 4.58. The molecule has 0 radical (unpaired) electrons. The molecule has 2 nitrogen and oxygen atoms in total. The van der Waals surface area contributed by atoms with Crippen molar-refractivity contribution in [2.75, 3.05) is 11.1 Å². The van der Waals surface area contributed by atoms with E-state index in [4.69, 9.17) is 4.99 Å². The van der Waals surface area contributed by atoms with E-state index in [2.05, 4.69) is 53.0 Å². The Balaban J connectivity index is 1.75. The standard InChI is InChI=1S/C14H17IN2S/c1-10-4-5-11(8-12(10)15)16-13-17-14(9-18-13)6-2-3-7-14/h4-5,8H,2-3,6-7,9H2,1H3,(H,16,17). The Morgan fingerprint density at radius 3 is 2.83 bits per heavy atom. The van der Waals surface area contributed by atoms with Crippen molar-refractivity contribution in [2.45, 2.75) is 38.1 Å². The summed E-state index contributed by atoms with van der Waals surface area (Å²) in [6.45, 7) is 2.14. The smallest absolute Gasteiger partial charge is 0.161 e. The third kappa shape index (κ3) is 2.54. The van der Waals surface area contributed by atoms with E-state index in [1.165, 1.54) is 34.8 Å². The van der Waals surface area contributed by atoms with Gasteiger partial charge in [-0.15, -0.1) is 0 Å². The second-order valence-corrected chi connectivity index (χ2v) is 7.35. The molecule has 18 heavy (non-hydrogen) atoms. The molecule has 1 aromatic carbocycles. The highest BCUT2D eigenvalue weighted by Crippen LogP contribution is 2.41. The minimum Gasteiger partial charge on any atom is -0.335 e. The predicted molar refractivity (Wildman–Crippen MR) is 88.6 cm³/mol. The molecule has 4 heteroatoms. The van der Waals surface area contributed by atoms with Crippen LogP contribution < -0.4 is 5.32 Å². The topological polar surface area (TPSA) is 24.4 Å². The number of amidine groups is 1. The third-order valence-electron chi connectivity index (χ3n) is 3.77.